The number of amides is 2. The van der Waals surface area contributed by atoms with E-state index in [0.29, 0.717) is 12.3 Å². The number of rotatable bonds is 6. The molecule has 0 heterocycles. The summed E-state index contributed by atoms with van der Waals surface area (Å²) < 4.78 is 0. The van der Waals surface area contributed by atoms with Gasteiger partial charge < -0.3 is 10.6 Å². The fourth-order valence-electron chi connectivity index (χ4n) is 1.88. The van der Waals surface area contributed by atoms with Gasteiger partial charge in [0.25, 0.3) is 0 Å². The summed E-state index contributed by atoms with van der Waals surface area (Å²) in [5, 5.41) is 5.38. The number of carbonyl (C=O) groups excluding carboxylic acids is 2. The first-order chi connectivity index (χ1) is 10.2. The van der Waals surface area contributed by atoms with Gasteiger partial charge in [-0.25, -0.2) is 0 Å². The minimum atomic E-state index is -0.503. The van der Waals surface area contributed by atoms with Gasteiger partial charge in [-0.2, -0.15) is 0 Å². The van der Waals surface area contributed by atoms with Crippen LogP contribution >= 0.6 is 11.8 Å². The minimum absolute atomic E-state index is 0.128. The molecule has 122 valence electrons. The van der Waals surface area contributed by atoms with Crippen molar-refractivity contribution < 1.29 is 9.59 Å². The Labute approximate surface area is 137 Å². The van der Waals surface area contributed by atoms with Crippen molar-refractivity contribution in [1.82, 2.24) is 10.6 Å². The maximum atomic E-state index is 11.8. The molecule has 2 amide bonds. The van der Waals surface area contributed by atoms with E-state index < -0.39 is 6.04 Å². The van der Waals surface area contributed by atoms with Crippen LogP contribution in [0, 0.1) is 0 Å². The Morgan fingerprint density at radius 3 is 2.27 bits per heavy atom. The van der Waals surface area contributed by atoms with Crippen LogP contribution < -0.4 is 10.6 Å². The van der Waals surface area contributed by atoms with E-state index in [9.17, 15) is 9.59 Å². The number of hydrogen-bond donors (Lipinski definition) is 2. The molecule has 1 aromatic carbocycles. The van der Waals surface area contributed by atoms with Crippen molar-refractivity contribution in [2.45, 2.75) is 51.0 Å². The van der Waals surface area contributed by atoms with E-state index in [4.69, 9.17) is 0 Å². The summed E-state index contributed by atoms with van der Waals surface area (Å²) in [7, 11) is 0. The van der Waals surface area contributed by atoms with Gasteiger partial charge in [0.1, 0.15) is 6.04 Å². The second-order valence-electron chi connectivity index (χ2n) is 6.25. The fourth-order valence-corrected chi connectivity index (χ4v) is 2.59. The van der Waals surface area contributed by atoms with Crippen molar-refractivity contribution in [1.29, 1.82) is 0 Å². The van der Waals surface area contributed by atoms with E-state index in [1.54, 1.807) is 6.92 Å². The minimum Gasteiger partial charge on any atom is -0.355 e. The highest BCUT2D eigenvalue weighted by molar-refractivity contribution is 8.00. The molecule has 5 heteroatoms. The highest BCUT2D eigenvalue weighted by Gasteiger charge is 2.15. The maximum Gasteiger partial charge on any atom is 0.242 e. The van der Waals surface area contributed by atoms with Crippen molar-refractivity contribution in [3.05, 3.63) is 29.8 Å². The molecule has 0 aliphatic heterocycles. The lowest BCUT2D eigenvalue weighted by Crippen LogP contribution is -2.45. The molecule has 1 rings (SSSR count). The van der Waals surface area contributed by atoms with Crippen LogP contribution in [0.15, 0.2) is 29.2 Å². The normalized spacial score (nSPS) is 12.6. The van der Waals surface area contributed by atoms with Crippen molar-refractivity contribution in [2.24, 2.45) is 0 Å². The van der Waals surface area contributed by atoms with Gasteiger partial charge >= 0.3 is 0 Å². The third-order valence-corrected chi connectivity index (χ3v) is 4.22. The van der Waals surface area contributed by atoms with E-state index >= 15 is 0 Å². The molecule has 2 N–H and O–H groups in total. The summed E-state index contributed by atoms with van der Waals surface area (Å²) in [6.07, 6.45) is 0. The van der Waals surface area contributed by atoms with Gasteiger partial charge in [-0.05, 0) is 37.0 Å². The Morgan fingerprint density at radius 2 is 1.77 bits per heavy atom. The largest absolute Gasteiger partial charge is 0.355 e. The van der Waals surface area contributed by atoms with Crippen LogP contribution in [0.4, 0.5) is 0 Å². The van der Waals surface area contributed by atoms with Crippen molar-refractivity contribution >= 4 is 23.6 Å². The van der Waals surface area contributed by atoms with Gasteiger partial charge in [0.05, 0.1) is 5.75 Å². The first-order valence-corrected chi connectivity index (χ1v) is 8.53. The summed E-state index contributed by atoms with van der Waals surface area (Å²) in [4.78, 5) is 24.5. The molecule has 1 aromatic rings. The molecular weight excluding hydrogens is 296 g/mol. The lowest BCUT2D eigenvalue weighted by Gasteiger charge is -2.19. The van der Waals surface area contributed by atoms with Gasteiger partial charge in [0.2, 0.25) is 11.8 Å². The molecule has 0 spiro atoms. The zero-order valence-corrected chi connectivity index (χ0v) is 14.8. The van der Waals surface area contributed by atoms with Gasteiger partial charge in [-0.15, -0.1) is 11.8 Å². The third-order valence-electron chi connectivity index (χ3n) is 3.21. The van der Waals surface area contributed by atoms with Crippen LogP contribution in [0.25, 0.3) is 0 Å². The third kappa shape index (κ3) is 6.10. The smallest absolute Gasteiger partial charge is 0.242 e. The zero-order chi connectivity index (χ0) is 16.8. The number of nitrogens with one attached hydrogen (secondary N) is 2. The molecule has 0 radical (unpaired) electrons. The van der Waals surface area contributed by atoms with Gasteiger partial charge in [0.15, 0.2) is 0 Å². The summed E-state index contributed by atoms with van der Waals surface area (Å²) in [6.45, 7) is 10.6. The number of likely N-dealkylation sites (N-methyl/N-ethyl adjacent to an activating group) is 1. The van der Waals surface area contributed by atoms with Gasteiger partial charge in [-0.1, -0.05) is 32.9 Å². The molecular formula is C17H26N2O2S. The first kappa shape index (κ1) is 18.6. The Bertz CT molecular complexity index is 506. The molecule has 1 atom stereocenters. The fraction of sp³-hybridized carbons (Fsp3) is 0.529. The molecule has 0 aromatic heterocycles. The lowest BCUT2D eigenvalue weighted by atomic mass is 9.87. The maximum absolute atomic E-state index is 11.8. The molecule has 0 fully saturated rings. The predicted molar refractivity (Wildman–Crippen MR) is 92.2 cm³/mol. The van der Waals surface area contributed by atoms with Gasteiger partial charge in [0, 0.05) is 11.4 Å². The summed E-state index contributed by atoms with van der Waals surface area (Å²) in [5.74, 6) is 0.0116. The van der Waals surface area contributed by atoms with Crippen molar-refractivity contribution in [3.8, 4) is 0 Å². The van der Waals surface area contributed by atoms with E-state index in [1.807, 2.05) is 19.1 Å². The second-order valence-corrected chi connectivity index (χ2v) is 7.30. The number of hydrogen-bond acceptors (Lipinski definition) is 3. The Morgan fingerprint density at radius 1 is 1.18 bits per heavy atom. The molecule has 0 saturated heterocycles. The number of thioether (sulfide) groups is 1. The summed E-state index contributed by atoms with van der Waals surface area (Å²) >= 11 is 1.47. The van der Waals surface area contributed by atoms with Crippen LogP contribution in [-0.4, -0.2) is 30.2 Å². The SMILES string of the molecule is CCNC(=O)[C@H](C)NC(=O)CSc1ccc(C(C)(C)C)cc1. The summed E-state index contributed by atoms with van der Waals surface area (Å²) in [5.41, 5.74) is 1.40. The molecule has 22 heavy (non-hydrogen) atoms. The molecule has 4 nitrogen and oxygen atoms in total. The highest BCUT2D eigenvalue weighted by Crippen LogP contribution is 2.25. The van der Waals surface area contributed by atoms with E-state index in [-0.39, 0.29) is 17.2 Å². The van der Waals surface area contributed by atoms with Gasteiger partial charge in [-0.3, -0.25) is 9.59 Å². The van der Waals surface area contributed by atoms with E-state index in [1.165, 1.54) is 17.3 Å². The van der Waals surface area contributed by atoms with Crippen LogP contribution in [0.3, 0.4) is 0 Å². The summed E-state index contributed by atoms with van der Waals surface area (Å²) in [6, 6.07) is 7.75. The molecule has 0 unspecified atom stereocenters. The molecule has 0 aliphatic rings. The quantitative estimate of drug-likeness (QED) is 0.792. The number of carbonyl (C=O) groups is 2. The second kappa shape index (κ2) is 8.22. The lowest BCUT2D eigenvalue weighted by molar-refractivity contribution is -0.127. The first-order valence-electron chi connectivity index (χ1n) is 7.54. The van der Waals surface area contributed by atoms with E-state index in [2.05, 4.69) is 43.5 Å². The topological polar surface area (TPSA) is 58.2 Å². The average molecular weight is 322 g/mol. The molecule has 0 aliphatic carbocycles. The number of benzene rings is 1. The van der Waals surface area contributed by atoms with Crippen LogP contribution in [0.5, 0.6) is 0 Å². The Hall–Kier alpha value is -1.49. The Kier molecular flexibility index (Phi) is 6.94. The molecule has 0 saturated carbocycles. The Balaban J connectivity index is 2.46. The van der Waals surface area contributed by atoms with E-state index in [0.717, 1.165) is 4.90 Å². The van der Waals surface area contributed by atoms with Crippen molar-refractivity contribution in [3.63, 3.8) is 0 Å². The molecule has 0 bridgehead atoms. The van der Waals surface area contributed by atoms with Crippen LogP contribution in [0.1, 0.15) is 40.2 Å². The van der Waals surface area contributed by atoms with Crippen molar-refractivity contribution in [2.75, 3.05) is 12.3 Å². The predicted octanol–water partition coefficient (Wildman–Crippen LogP) is 2.72. The monoisotopic (exact) mass is 322 g/mol. The van der Waals surface area contributed by atoms with Crippen LogP contribution in [-0.2, 0) is 15.0 Å². The highest BCUT2D eigenvalue weighted by atomic mass is 32.2. The standard InChI is InChI=1S/C17H26N2O2S/c1-6-18-16(21)12(2)19-15(20)11-22-14-9-7-13(8-10-14)17(3,4)5/h7-10,12H,6,11H2,1-5H3,(H,18,21)(H,19,20)/t12-/m0/s1. The zero-order valence-electron chi connectivity index (χ0n) is 14.0. The average Bonchev–Trinajstić information content (AvgIpc) is 2.45. The van der Waals surface area contributed by atoms with Crippen LogP contribution in [0.2, 0.25) is 0 Å².